The highest BCUT2D eigenvalue weighted by molar-refractivity contribution is 9.10. The van der Waals surface area contributed by atoms with Crippen molar-refractivity contribution >= 4 is 33.7 Å². The number of nitrogens with zero attached hydrogens (tertiary/aromatic N) is 1. The molecule has 1 atom stereocenters. The average molecular weight is 483 g/mol. The zero-order valence-corrected chi connectivity index (χ0v) is 19.7. The topological polar surface area (TPSA) is 84.9 Å². The third-order valence-electron chi connectivity index (χ3n) is 4.87. The Bertz CT molecular complexity index is 775. The zero-order valence-electron chi connectivity index (χ0n) is 18.1. The molecule has 166 valence electrons. The summed E-state index contributed by atoms with van der Waals surface area (Å²) in [6.07, 6.45) is 1.51. The fraction of sp³-hybridized carbons (Fsp3) is 0.591. The minimum atomic E-state index is -0.879. The summed E-state index contributed by atoms with van der Waals surface area (Å²) < 4.78 is 11.9. The number of benzene rings is 1. The number of amides is 2. The average Bonchev–Trinajstić information content (AvgIpc) is 2.67. The molecule has 0 aromatic heterocycles. The fourth-order valence-electron chi connectivity index (χ4n) is 3.20. The second-order valence-electron chi connectivity index (χ2n) is 8.35. The predicted molar refractivity (Wildman–Crippen MR) is 117 cm³/mol. The molecule has 0 bridgehead atoms. The molecule has 1 aromatic carbocycles. The number of ether oxygens (including phenoxy) is 2. The summed E-state index contributed by atoms with van der Waals surface area (Å²) in [7, 11) is 0. The molecule has 2 rings (SSSR count). The maximum atomic E-state index is 12.9. The molecule has 1 aliphatic rings. The SMILES string of the molecule is CCCCOC(=O)CC1C(=O)NCCN1C(=O)COc1ccc(Br)cc1C(C)(C)C. The summed E-state index contributed by atoms with van der Waals surface area (Å²) >= 11 is 3.47. The van der Waals surface area contributed by atoms with Gasteiger partial charge in [0, 0.05) is 23.1 Å². The summed E-state index contributed by atoms with van der Waals surface area (Å²) in [4.78, 5) is 38.7. The highest BCUT2D eigenvalue weighted by atomic mass is 79.9. The van der Waals surface area contributed by atoms with Crippen LogP contribution in [0.15, 0.2) is 22.7 Å². The van der Waals surface area contributed by atoms with E-state index in [0.29, 0.717) is 25.4 Å². The van der Waals surface area contributed by atoms with Crippen molar-refractivity contribution in [3.05, 3.63) is 28.2 Å². The van der Waals surface area contributed by atoms with E-state index >= 15 is 0 Å². The van der Waals surface area contributed by atoms with E-state index in [1.165, 1.54) is 4.90 Å². The predicted octanol–water partition coefficient (Wildman–Crippen LogP) is 3.19. The van der Waals surface area contributed by atoms with Crippen molar-refractivity contribution in [2.45, 2.75) is 58.4 Å². The van der Waals surface area contributed by atoms with Crippen molar-refractivity contribution in [2.75, 3.05) is 26.3 Å². The van der Waals surface area contributed by atoms with E-state index in [4.69, 9.17) is 9.47 Å². The molecule has 1 aliphatic heterocycles. The highest BCUT2D eigenvalue weighted by Crippen LogP contribution is 2.33. The third kappa shape index (κ3) is 6.72. The molecule has 8 heteroatoms. The molecule has 7 nitrogen and oxygen atoms in total. The van der Waals surface area contributed by atoms with Gasteiger partial charge in [-0.3, -0.25) is 14.4 Å². The number of unbranched alkanes of at least 4 members (excludes halogenated alkanes) is 1. The van der Waals surface area contributed by atoms with E-state index in [1.54, 1.807) is 0 Å². The number of piperazine rings is 1. The zero-order chi connectivity index (χ0) is 22.3. The van der Waals surface area contributed by atoms with Crippen LogP contribution in [0.5, 0.6) is 5.75 Å². The first-order valence-corrected chi connectivity index (χ1v) is 11.1. The van der Waals surface area contributed by atoms with Crippen LogP contribution in [0.1, 0.15) is 52.5 Å². The summed E-state index contributed by atoms with van der Waals surface area (Å²) in [6.45, 7) is 8.99. The van der Waals surface area contributed by atoms with Crippen molar-refractivity contribution < 1.29 is 23.9 Å². The van der Waals surface area contributed by atoms with E-state index < -0.39 is 12.0 Å². The Morgan fingerprint density at radius 1 is 1.30 bits per heavy atom. The van der Waals surface area contributed by atoms with Crippen LogP contribution in [-0.4, -0.2) is 55.0 Å². The molecular weight excluding hydrogens is 452 g/mol. The van der Waals surface area contributed by atoms with E-state index in [0.717, 1.165) is 22.9 Å². The van der Waals surface area contributed by atoms with E-state index in [-0.39, 0.29) is 30.3 Å². The molecule has 1 N–H and O–H groups in total. The van der Waals surface area contributed by atoms with Gasteiger partial charge in [-0.25, -0.2) is 0 Å². The Morgan fingerprint density at radius 2 is 2.03 bits per heavy atom. The molecule has 1 unspecified atom stereocenters. The van der Waals surface area contributed by atoms with Crippen molar-refractivity contribution in [1.29, 1.82) is 0 Å². The number of rotatable bonds is 8. The number of carbonyl (C=O) groups excluding carboxylic acids is 3. The smallest absolute Gasteiger partial charge is 0.308 e. The first kappa shape index (κ1) is 24.2. The van der Waals surface area contributed by atoms with E-state index in [9.17, 15) is 14.4 Å². The van der Waals surface area contributed by atoms with Crippen LogP contribution in [0.2, 0.25) is 0 Å². The van der Waals surface area contributed by atoms with Gasteiger partial charge in [-0.15, -0.1) is 0 Å². The van der Waals surface area contributed by atoms with Crippen LogP contribution >= 0.6 is 15.9 Å². The Hall–Kier alpha value is -2.09. The fourth-order valence-corrected chi connectivity index (χ4v) is 3.56. The third-order valence-corrected chi connectivity index (χ3v) is 5.37. The van der Waals surface area contributed by atoms with Gasteiger partial charge in [0.2, 0.25) is 5.91 Å². The maximum Gasteiger partial charge on any atom is 0.308 e. The molecular formula is C22H31BrN2O5. The lowest BCUT2D eigenvalue weighted by Crippen LogP contribution is -2.58. The van der Waals surface area contributed by atoms with Crippen LogP contribution in [0.4, 0.5) is 0 Å². The van der Waals surface area contributed by atoms with Gasteiger partial charge in [-0.05, 0) is 30.0 Å². The maximum absolute atomic E-state index is 12.9. The normalized spacial score (nSPS) is 16.8. The Labute approximate surface area is 186 Å². The van der Waals surface area contributed by atoms with Crippen LogP contribution < -0.4 is 10.1 Å². The van der Waals surface area contributed by atoms with Gasteiger partial charge in [0.15, 0.2) is 6.61 Å². The summed E-state index contributed by atoms with van der Waals surface area (Å²) in [6, 6.07) is 4.78. The molecule has 1 fully saturated rings. The molecule has 1 aromatic rings. The monoisotopic (exact) mass is 482 g/mol. The minimum absolute atomic E-state index is 0.160. The second kappa shape index (κ2) is 10.8. The van der Waals surface area contributed by atoms with Crippen molar-refractivity contribution in [1.82, 2.24) is 10.2 Å². The van der Waals surface area contributed by atoms with Gasteiger partial charge in [0.25, 0.3) is 5.91 Å². The van der Waals surface area contributed by atoms with E-state index in [2.05, 4.69) is 42.0 Å². The van der Waals surface area contributed by atoms with Gasteiger partial charge in [-0.2, -0.15) is 0 Å². The van der Waals surface area contributed by atoms with Gasteiger partial charge >= 0.3 is 5.97 Å². The van der Waals surface area contributed by atoms with Gasteiger partial charge in [0.05, 0.1) is 13.0 Å². The van der Waals surface area contributed by atoms with Crippen LogP contribution in [0.25, 0.3) is 0 Å². The van der Waals surface area contributed by atoms with Crippen LogP contribution in [0, 0.1) is 0 Å². The lowest BCUT2D eigenvalue weighted by atomic mass is 9.86. The quantitative estimate of drug-likeness (QED) is 0.454. The standard InChI is InChI=1S/C22H31BrN2O5/c1-5-6-11-29-20(27)13-17-21(28)24-9-10-25(17)19(26)14-30-18-8-7-15(23)12-16(18)22(2,3)4/h7-8,12,17H,5-6,9-11,13-14H2,1-4H3,(H,24,28). The van der Waals surface area contributed by atoms with Crippen molar-refractivity contribution in [3.8, 4) is 5.75 Å². The summed E-state index contributed by atoms with van der Waals surface area (Å²) in [5.74, 6) is -0.539. The first-order chi connectivity index (χ1) is 14.1. The first-order valence-electron chi connectivity index (χ1n) is 10.3. The summed E-state index contributed by atoms with van der Waals surface area (Å²) in [5, 5.41) is 2.71. The van der Waals surface area contributed by atoms with Gasteiger partial charge in [-0.1, -0.05) is 50.0 Å². The Balaban J connectivity index is 2.05. The number of hydrogen-bond donors (Lipinski definition) is 1. The number of nitrogens with one attached hydrogen (secondary N) is 1. The van der Waals surface area contributed by atoms with Gasteiger partial charge in [0.1, 0.15) is 11.8 Å². The van der Waals surface area contributed by atoms with E-state index in [1.807, 2.05) is 25.1 Å². The molecule has 30 heavy (non-hydrogen) atoms. The molecule has 1 heterocycles. The van der Waals surface area contributed by atoms with Crippen LogP contribution in [-0.2, 0) is 24.5 Å². The minimum Gasteiger partial charge on any atom is -0.483 e. The Kier molecular flexibility index (Phi) is 8.70. The molecule has 1 saturated heterocycles. The van der Waals surface area contributed by atoms with Crippen LogP contribution in [0.3, 0.4) is 0 Å². The lowest BCUT2D eigenvalue weighted by molar-refractivity contribution is -0.152. The second-order valence-corrected chi connectivity index (χ2v) is 9.27. The number of carbonyl (C=O) groups is 3. The molecule has 2 amide bonds. The largest absolute Gasteiger partial charge is 0.483 e. The number of esters is 1. The Morgan fingerprint density at radius 3 is 2.70 bits per heavy atom. The molecule has 0 radical (unpaired) electrons. The summed E-state index contributed by atoms with van der Waals surface area (Å²) in [5.41, 5.74) is 0.801. The van der Waals surface area contributed by atoms with Crippen molar-refractivity contribution in [2.24, 2.45) is 0 Å². The number of halogens is 1. The molecule has 0 aliphatic carbocycles. The van der Waals surface area contributed by atoms with Crippen molar-refractivity contribution in [3.63, 3.8) is 0 Å². The number of hydrogen-bond acceptors (Lipinski definition) is 5. The lowest BCUT2D eigenvalue weighted by Gasteiger charge is -2.34. The molecule has 0 spiro atoms. The molecule has 0 saturated carbocycles. The highest BCUT2D eigenvalue weighted by Gasteiger charge is 2.35. The van der Waals surface area contributed by atoms with Gasteiger partial charge < -0.3 is 19.7 Å².